The Bertz CT molecular complexity index is 1840. The van der Waals surface area contributed by atoms with Gasteiger partial charge in [0, 0.05) is 49.5 Å². The van der Waals surface area contributed by atoms with Crippen LogP contribution in [-0.4, -0.2) is 65.8 Å². The highest BCUT2D eigenvalue weighted by Crippen LogP contribution is 2.45. The van der Waals surface area contributed by atoms with E-state index in [0.29, 0.717) is 65.5 Å². The fourth-order valence-corrected chi connectivity index (χ4v) is 6.02. The lowest BCUT2D eigenvalue weighted by Gasteiger charge is -2.35. The van der Waals surface area contributed by atoms with E-state index in [0.717, 1.165) is 43.1 Å². The Morgan fingerprint density at radius 1 is 1.02 bits per heavy atom. The molecule has 1 aliphatic heterocycles. The van der Waals surface area contributed by atoms with Crippen LogP contribution < -0.4 is 9.64 Å². The van der Waals surface area contributed by atoms with Gasteiger partial charge >= 0.3 is 6.18 Å². The molecule has 1 aliphatic carbocycles. The first-order valence-corrected chi connectivity index (χ1v) is 15.4. The maximum atomic E-state index is 13.5. The molecular weight excluding hydrogens is 599 g/mol. The number of hydrogen-bond acceptors (Lipinski definition) is 9. The summed E-state index contributed by atoms with van der Waals surface area (Å²) in [6.45, 7) is 5.40. The van der Waals surface area contributed by atoms with E-state index in [4.69, 9.17) is 19.4 Å². The average Bonchev–Trinajstić information content (AvgIpc) is 3.60. The van der Waals surface area contributed by atoms with Crippen molar-refractivity contribution in [2.75, 3.05) is 25.2 Å². The van der Waals surface area contributed by atoms with Gasteiger partial charge in [-0.3, -0.25) is 0 Å². The summed E-state index contributed by atoms with van der Waals surface area (Å²) < 4.78 is 53.5. The zero-order valence-electron chi connectivity index (χ0n) is 25.8. The number of benzene rings is 1. The molecule has 46 heavy (non-hydrogen) atoms. The molecular formula is C32H34F3N9O2. The predicted molar refractivity (Wildman–Crippen MR) is 164 cm³/mol. The van der Waals surface area contributed by atoms with E-state index >= 15 is 0 Å². The zero-order chi connectivity index (χ0) is 32.0. The summed E-state index contributed by atoms with van der Waals surface area (Å²) in [7, 11) is 1.58. The minimum absolute atomic E-state index is 0.105. The quantitative estimate of drug-likeness (QED) is 0.198. The normalized spacial score (nSPS) is 16.0. The van der Waals surface area contributed by atoms with Crippen molar-refractivity contribution >= 4 is 17.0 Å². The van der Waals surface area contributed by atoms with E-state index in [1.54, 1.807) is 18.0 Å². The Kier molecular flexibility index (Phi) is 7.83. The van der Waals surface area contributed by atoms with Crippen molar-refractivity contribution in [3.05, 3.63) is 60.1 Å². The second-order valence-corrected chi connectivity index (χ2v) is 12.0. The molecule has 0 bridgehead atoms. The molecule has 0 radical (unpaired) electrons. The van der Waals surface area contributed by atoms with Crippen LogP contribution in [0.3, 0.4) is 0 Å². The summed E-state index contributed by atoms with van der Waals surface area (Å²) in [5.74, 6) is 2.13. The van der Waals surface area contributed by atoms with Crippen LogP contribution in [0.15, 0.2) is 43.1 Å². The number of anilines is 1. The number of H-pyrrole nitrogens is 1. The van der Waals surface area contributed by atoms with Gasteiger partial charge in [-0.25, -0.2) is 29.9 Å². The standard InChI is InChI=1S/C32H34F3N9O2/c1-18(2)43-15-23(32(33,34)35)40-29(43)21-6-4-19(5-7-21)14-44(22-10-12-46-13-11-22)30-26-28(38-16-37-26)41-27(42-30)24-25(20-8-9-20)36-17-39-31(24)45-3/h4-7,15-18,20,22H,8-14H2,1-3H3,(H,37,38,41,42). The third-order valence-electron chi connectivity index (χ3n) is 8.54. The number of methoxy groups -OCH3 is 1. The second-order valence-electron chi connectivity index (χ2n) is 12.0. The number of nitrogens with one attached hydrogen (secondary N) is 1. The van der Waals surface area contributed by atoms with Crippen LogP contribution >= 0.6 is 0 Å². The van der Waals surface area contributed by atoms with Crippen molar-refractivity contribution in [3.8, 4) is 28.7 Å². The molecule has 14 heteroatoms. The molecule has 2 aliphatic rings. The molecule has 0 atom stereocenters. The molecule has 0 spiro atoms. The first-order chi connectivity index (χ1) is 22.2. The monoisotopic (exact) mass is 633 g/mol. The van der Waals surface area contributed by atoms with Gasteiger partial charge in [0.05, 0.1) is 19.1 Å². The summed E-state index contributed by atoms with van der Waals surface area (Å²) in [5, 5.41) is 0. The number of nitrogens with zero attached hydrogens (tertiary/aromatic N) is 8. The molecule has 11 nitrogen and oxygen atoms in total. The fourth-order valence-electron chi connectivity index (χ4n) is 6.02. The molecule has 1 saturated heterocycles. The molecule has 1 saturated carbocycles. The summed E-state index contributed by atoms with van der Waals surface area (Å²) in [4.78, 5) is 32.9. The van der Waals surface area contributed by atoms with Crippen LogP contribution in [0, 0.1) is 0 Å². The van der Waals surface area contributed by atoms with Crippen LogP contribution in [0.25, 0.3) is 33.9 Å². The topological polar surface area (TPSA) is 120 Å². The number of aromatic amines is 1. The highest BCUT2D eigenvalue weighted by atomic mass is 19.4. The highest BCUT2D eigenvalue weighted by molar-refractivity contribution is 5.86. The molecule has 240 valence electrons. The number of rotatable bonds is 9. The molecule has 0 unspecified atom stereocenters. The van der Waals surface area contributed by atoms with Gasteiger partial charge in [0.2, 0.25) is 5.88 Å². The lowest BCUT2D eigenvalue weighted by atomic mass is 10.0. The molecule has 5 aromatic rings. The minimum atomic E-state index is -4.53. The Morgan fingerprint density at radius 2 is 1.78 bits per heavy atom. The van der Waals surface area contributed by atoms with Crippen LogP contribution in [-0.2, 0) is 17.5 Å². The third kappa shape index (κ3) is 5.77. The van der Waals surface area contributed by atoms with Gasteiger partial charge in [-0.15, -0.1) is 0 Å². The average molecular weight is 634 g/mol. The Labute approximate surface area is 263 Å². The molecule has 2 fully saturated rings. The maximum absolute atomic E-state index is 13.5. The highest BCUT2D eigenvalue weighted by Gasteiger charge is 2.36. The van der Waals surface area contributed by atoms with Crippen molar-refractivity contribution in [2.24, 2.45) is 0 Å². The number of fused-ring (bicyclic) bond motifs is 1. The van der Waals surface area contributed by atoms with Gasteiger partial charge in [-0.1, -0.05) is 24.3 Å². The lowest BCUT2D eigenvalue weighted by Crippen LogP contribution is -2.40. The van der Waals surface area contributed by atoms with Gasteiger partial charge in [-0.05, 0) is 45.1 Å². The maximum Gasteiger partial charge on any atom is 0.434 e. The molecule has 1 N–H and O–H groups in total. The van der Waals surface area contributed by atoms with E-state index in [2.05, 4.69) is 29.8 Å². The first kappa shape index (κ1) is 30.1. The summed E-state index contributed by atoms with van der Waals surface area (Å²) in [6.07, 6.45) is 3.32. The summed E-state index contributed by atoms with van der Waals surface area (Å²) in [5.41, 5.74) is 3.42. The van der Waals surface area contributed by atoms with Crippen molar-refractivity contribution in [3.63, 3.8) is 0 Å². The van der Waals surface area contributed by atoms with Crippen LogP contribution in [0.1, 0.15) is 68.4 Å². The number of hydrogen-bond donors (Lipinski definition) is 1. The zero-order valence-corrected chi connectivity index (χ0v) is 25.8. The lowest BCUT2D eigenvalue weighted by molar-refractivity contribution is -0.140. The van der Waals surface area contributed by atoms with Crippen LogP contribution in [0.5, 0.6) is 5.88 Å². The van der Waals surface area contributed by atoms with Gasteiger partial charge < -0.3 is 23.9 Å². The van der Waals surface area contributed by atoms with E-state index in [9.17, 15) is 13.2 Å². The number of aromatic nitrogens is 8. The van der Waals surface area contributed by atoms with Crippen molar-refractivity contribution in [1.82, 2.24) is 39.5 Å². The third-order valence-corrected chi connectivity index (χ3v) is 8.54. The Balaban J connectivity index is 1.29. The van der Waals surface area contributed by atoms with E-state index in [1.807, 2.05) is 38.1 Å². The predicted octanol–water partition coefficient (Wildman–Crippen LogP) is 6.34. The number of halogens is 3. The molecule has 0 amide bonds. The van der Waals surface area contributed by atoms with Gasteiger partial charge in [0.1, 0.15) is 23.2 Å². The molecule has 1 aromatic carbocycles. The van der Waals surface area contributed by atoms with E-state index in [1.165, 1.54) is 6.33 Å². The van der Waals surface area contributed by atoms with E-state index in [-0.39, 0.29) is 17.9 Å². The van der Waals surface area contributed by atoms with Gasteiger partial charge in [-0.2, -0.15) is 13.2 Å². The number of ether oxygens (including phenoxy) is 2. The summed E-state index contributed by atoms with van der Waals surface area (Å²) >= 11 is 0. The molecule has 5 heterocycles. The van der Waals surface area contributed by atoms with Crippen molar-refractivity contribution < 1.29 is 22.6 Å². The Hall–Kier alpha value is -4.59. The number of alkyl halides is 3. The van der Waals surface area contributed by atoms with E-state index < -0.39 is 11.9 Å². The molecule has 7 rings (SSSR count). The largest absolute Gasteiger partial charge is 0.480 e. The van der Waals surface area contributed by atoms with Crippen LogP contribution in [0.4, 0.5) is 19.0 Å². The van der Waals surface area contributed by atoms with Crippen molar-refractivity contribution in [2.45, 2.75) is 70.3 Å². The minimum Gasteiger partial charge on any atom is -0.480 e. The second kappa shape index (κ2) is 12.0. The van der Waals surface area contributed by atoms with Gasteiger partial charge in [0.15, 0.2) is 23.0 Å². The number of imidazole rings is 2. The fraction of sp³-hybridized carbons (Fsp3) is 0.438. The van der Waals surface area contributed by atoms with Gasteiger partial charge in [0.25, 0.3) is 0 Å². The van der Waals surface area contributed by atoms with Crippen molar-refractivity contribution in [1.29, 1.82) is 0 Å². The SMILES string of the molecule is COc1ncnc(C2CC2)c1-c1nc(N(Cc2ccc(-c3nc(C(F)(F)F)cn3C(C)C)cc2)C2CCOCC2)c2[nH]cnc2n1. The smallest absolute Gasteiger partial charge is 0.434 e. The Morgan fingerprint density at radius 3 is 2.46 bits per heavy atom. The van der Waals surface area contributed by atoms with Crippen LogP contribution in [0.2, 0.25) is 0 Å². The molecule has 4 aromatic heterocycles. The first-order valence-electron chi connectivity index (χ1n) is 15.4. The summed E-state index contributed by atoms with van der Waals surface area (Å²) in [6, 6.07) is 7.42.